The maximum absolute atomic E-state index is 11.2. The van der Waals surface area contributed by atoms with E-state index in [0.717, 1.165) is 25.2 Å². The number of carbonyl (C=O) groups excluding carboxylic acids is 1. The minimum absolute atomic E-state index is 0.0417. The third-order valence-corrected chi connectivity index (χ3v) is 3.43. The molecule has 2 N–H and O–H groups in total. The van der Waals surface area contributed by atoms with Gasteiger partial charge in [0.25, 0.3) is 0 Å². The van der Waals surface area contributed by atoms with Gasteiger partial charge >= 0.3 is 5.97 Å². The highest BCUT2D eigenvalue weighted by Gasteiger charge is 2.33. The first-order valence-corrected chi connectivity index (χ1v) is 6.15. The summed E-state index contributed by atoms with van der Waals surface area (Å²) in [5.41, 5.74) is 6.00. The molecule has 4 nitrogen and oxygen atoms in total. The van der Waals surface area contributed by atoms with Crippen LogP contribution in [-0.2, 0) is 14.3 Å². The molecule has 2 aliphatic rings. The van der Waals surface area contributed by atoms with Crippen LogP contribution < -0.4 is 5.73 Å². The molecule has 1 aliphatic carbocycles. The Morgan fingerprint density at radius 1 is 1.38 bits per heavy atom. The van der Waals surface area contributed by atoms with Crippen LogP contribution in [0.15, 0.2) is 0 Å². The number of carbonyl (C=O) groups is 1. The zero-order chi connectivity index (χ0) is 11.5. The van der Waals surface area contributed by atoms with Gasteiger partial charge in [-0.1, -0.05) is 12.8 Å². The molecule has 1 saturated heterocycles. The molecular formula is C12H21NO3. The molecule has 1 aliphatic heterocycles. The molecule has 2 fully saturated rings. The van der Waals surface area contributed by atoms with Crippen molar-refractivity contribution in [2.24, 2.45) is 11.7 Å². The van der Waals surface area contributed by atoms with Gasteiger partial charge in [0.05, 0.1) is 25.7 Å². The Balaban J connectivity index is 1.80. The molecule has 92 valence electrons. The molecule has 0 aromatic carbocycles. The summed E-state index contributed by atoms with van der Waals surface area (Å²) in [7, 11) is 1.41. The number of ether oxygens (including phenoxy) is 2. The molecule has 0 amide bonds. The molecule has 1 heterocycles. The molecule has 2 rings (SSSR count). The quantitative estimate of drug-likeness (QED) is 0.734. The van der Waals surface area contributed by atoms with Gasteiger partial charge in [-0.25, -0.2) is 0 Å². The van der Waals surface area contributed by atoms with Crippen LogP contribution in [-0.4, -0.2) is 31.3 Å². The summed E-state index contributed by atoms with van der Waals surface area (Å²) in [5, 5.41) is 0. The van der Waals surface area contributed by atoms with Crippen LogP contribution in [0.5, 0.6) is 0 Å². The summed E-state index contributed by atoms with van der Waals surface area (Å²) in [6.07, 6.45) is 6.04. The third-order valence-electron chi connectivity index (χ3n) is 3.43. The first-order valence-electron chi connectivity index (χ1n) is 6.15. The lowest BCUT2D eigenvalue weighted by molar-refractivity contribution is -0.147. The standard InChI is InChI=1S/C12H21NO3/c1-15-12(14)7-11-6-9(13)5-10(16-11)4-8-2-3-8/h8-11H,2-7,13H2,1H3/t9-,10-,11-/m1/s1. The van der Waals surface area contributed by atoms with E-state index in [4.69, 9.17) is 10.5 Å². The molecule has 0 aromatic rings. The maximum Gasteiger partial charge on any atom is 0.308 e. The average molecular weight is 227 g/mol. The fraction of sp³-hybridized carbons (Fsp3) is 0.917. The van der Waals surface area contributed by atoms with Gasteiger partial charge in [0.1, 0.15) is 0 Å². The van der Waals surface area contributed by atoms with E-state index in [0.29, 0.717) is 6.42 Å². The van der Waals surface area contributed by atoms with E-state index < -0.39 is 0 Å². The predicted octanol–water partition coefficient (Wildman–Crippen LogP) is 1.22. The Morgan fingerprint density at radius 3 is 2.69 bits per heavy atom. The Hall–Kier alpha value is -0.610. The topological polar surface area (TPSA) is 61.5 Å². The fourth-order valence-electron chi connectivity index (χ4n) is 2.43. The van der Waals surface area contributed by atoms with Crippen LogP contribution in [0.25, 0.3) is 0 Å². The molecule has 1 saturated carbocycles. The van der Waals surface area contributed by atoms with Crippen molar-refractivity contribution >= 4 is 5.97 Å². The lowest BCUT2D eigenvalue weighted by Crippen LogP contribution is -2.41. The predicted molar refractivity (Wildman–Crippen MR) is 59.8 cm³/mol. The zero-order valence-corrected chi connectivity index (χ0v) is 9.85. The normalized spacial score (nSPS) is 34.8. The Kier molecular flexibility index (Phi) is 3.82. The van der Waals surface area contributed by atoms with E-state index in [1.807, 2.05) is 0 Å². The highest BCUT2D eigenvalue weighted by molar-refractivity contribution is 5.69. The minimum Gasteiger partial charge on any atom is -0.469 e. The molecule has 0 aromatic heterocycles. The van der Waals surface area contributed by atoms with Crippen molar-refractivity contribution in [3.05, 3.63) is 0 Å². The van der Waals surface area contributed by atoms with Gasteiger partial charge in [-0.15, -0.1) is 0 Å². The Morgan fingerprint density at radius 2 is 2.06 bits per heavy atom. The molecule has 0 bridgehead atoms. The summed E-state index contributed by atoms with van der Waals surface area (Å²) >= 11 is 0. The van der Waals surface area contributed by atoms with E-state index in [2.05, 4.69) is 4.74 Å². The molecule has 4 heteroatoms. The van der Waals surface area contributed by atoms with Gasteiger partial charge < -0.3 is 15.2 Å². The first kappa shape index (κ1) is 11.9. The number of esters is 1. The molecule has 3 atom stereocenters. The minimum atomic E-state index is -0.204. The van der Waals surface area contributed by atoms with Gasteiger partial charge in [0.15, 0.2) is 0 Å². The van der Waals surface area contributed by atoms with Crippen molar-refractivity contribution in [3.8, 4) is 0 Å². The number of nitrogens with two attached hydrogens (primary N) is 1. The second kappa shape index (κ2) is 5.15. The van der Waals surface area contributed by atoms with Crippen LogP contribution in [0.3, 0.4) is 0 Å². The van der Waals surface area contributed by atoms with Crippen molar-refractivity contribution < 1.29 is 14.3 Å². The van der Waals surface area contributed by atoms with Crippen molar-refractivity contribution in [2.45, 2.75) is 56.8 Å². The summed E-state index contributed by atoms with van der Waals surface area (Å²) in [4.78, 5) is 11.2. The summed E-state index contributed by atoms with van der Waals surface area (Å²) in [5.74, 6) is 0.637. The third kappa shape index (κ3) is 3.46. The molecule has 0 unspecified atom stereocenters. The highest BCUT2D eigenvalue weighted by Crippen LogP contribution is 2.37. The van der Waals surface area contributed by atoms with Crippen molar-refractivity contribution in [1.82, 2.24) is 0 Å². The average Bonchev–Trinajstić information content (AvgIpc) is 3.00. The van der Waals surface area contributed by atoms with Crippen LogP contribution >= 0.6 is 0 Å². The van der Waals surface area contributed by atoms with Gasteiger partial charge in [0, 0.05) is 6.04 Å². The van der Waals surface area contributed by atoms with Gasteiger partial charge in [-0.3, -0.25) is 4.79 Å². The summed E-state index contributed by atoms with van der Waals surface area (Å²) < 4.78 is 10.6. The molecule has 0 radical (unpaired) electrons. The van der Waals surface area contributed by atoms with Gasteiger partial charge in [0.2, 0.25) is 0 Å². The van der Waals surface area contributed by atoms with E-state index >= 15 is 0 Å². The van der Waals surface area contributed by atoms with E-state index in [1.54, 1.807) is 0 Å². The number of hydrogen-bond donors (Lipinski definition) is 1. The van der Waals surface area contributed by atoms with Crippen LogP contribution in [0.2, 0.25) is 0 Å². The highest BCUT2D eigenvalue weighted by atomic mass is 16.5. The Bertz CT molecular complexity index is 251. The van der Waals surface area contributed by atoms with Gasteiger partial charge in [-0.05, 0) is 25.2 Å². The van der Waals surface area contributed by atoms with E-state index in [1.165, 1.54) is 20.0 Å². The molecule has 16 heavy (non-hydrogen) atoms. The molecular weight excluding hydrogens is 206 g/mol. The number of hydrogen-bond acceptors (Lipinski definition) is 4. The monoisotopic (exact) mass is 227 g/mol. The largest absolute Gasteiger partial charge is 0.469 e. The van der Waals surface area contributed by atoms with Crippen LogP contribution in [0, 0.1) is 5.92 Å². The maximum atomic E-state index is 11.2. The smallest absolute Gasteiger partial charge is 0.308 e. The van der Waals surface area contributed by atoms with E-state index in [-0.39, 0.29) is 24.2 Å². The van der Waals surface area contributed by atoms with Crippen molar-refractivity contribution in [2.75, 3.05) is 7.11 Å². The Labute approximate surface area is 96.5 Å². The summed E-state index contributed by atoms with van der Waals surface area (Å²) in [6, 6.07) is 0.173. The van der Waals surface area contributed by atoms with Crippen LogP contribution in [0.1, 0.15) is 38.5 Å². The lowest BCUT2D eigenvalue weighted by Gasteiger charge is -2.33. The van der Waals surface area contributed by atoms with Crippen LogP contribution in [0.4, 0.5) is 0 Å². The fourth-order valence-corrected chi connectivity index (χ4v) is 2.43. The lowest BCUT2D eigenvalue weighted by atomic mass is 9.95. The second-order valence-electron chi connectivity index (χ2n) is 5.07. The second-order valence-corrected chi connectivity index (χ2v) is 5.07. The number of methoxy groups -OCH3 is 1. The zero-order valence-electron chi connectivity index (χ0n) is 9.85. The number of rotatable bonds is 4. The van der Waals surface area contributed by atoms with Gasteiger partial charge in [-0.2, -0.15) is 0 Å². The molecule has 0 spiro atoms. The SMILES string of the molecule is COC(=O)C[C@H]1C[C@H](N)C[C@@H](CC2CC2)O1. The van der Waals surface area contributed by atoms with Crippen molar-refractivity contribution in [1.29, 1.82) is 0 Å². The van der Waals surface area contributed by atoms with Crippen molar-refractivity contribution in [3.63, 3.8) is 0 Å². The van der Waals surface area contributed by atoms with E-state index in [9.17, 15) is 4.79 Å². The summed E-state index contributed by atoms with van der Waals surface area (Å²) in [6.45, 7) is 0. The first-order chi connectivity index (χ1) is 7.67.